The molecular weight excluding hydrogens is 533 g/mol. The average Bonchev–Trinajstić information content (AvgIpc) is 3.31. The number of carboxylic acids is 1. The van der Waals surface area contributed by atoms with Gasteiger partial charge >= 0.3 is 5.97 Å². The number of carbonyl (C=O) groups excluding carboxylic acids is 2. The molecule has 1 aliphatic carbocycles. The van der Waals surface area contributed by atoms with Gasteiger partial charge in [-0.15, -0.1) is 0 Å². The smallest absolute Gasteiger partial charge is 0.341 e. The fourth-order valence-corrected chi connectivity index (χ4v) is 5.06. The number of carboxylic acid groups (broad SMARTS) is 1. The third kappa shape index (κ3) is 4.74. The van der Waals surface area contributed by atoms with Crippen molar-refractivity contribution < 1.29 is 32.7 Å². The number of halogens is 3. The standard InChI is InChI=1S/C26H25F3N6O5/c1-10(30)24(37)31-11(2)25(38)32-20-14-7-34(8-15(14)20)23-18(29)6-13-21(36)16(26(39)40)9-35(22(13)33-23)19-4-3-12(27)5-17(19)28/h3-6,9-11,14-15,20H,7-8,30H2,1-2H3,(H,31,37)(H,32,38)(H,39,40)/t10-,11-,14-,15+,20?/m1/s1. The number of aromatic nitrogens is 2. The molecule has 5 rings (SSSR count). The number of hydrogen-bond acceptors (Lipinski definition) is 7. The predicted octanol–water partition coefficient (Wildman–Crippen LogP) is 0.904. The molecular formula is C26H25F3N6O5. The van der Waals surface area contributed by atoms with E-state index in [0.29, 0.717) is 19.2 Å². The maximum Gasteiger partial charge on any atom is 0.341 e. The zero-order valence-electron chi connectivity index (χ0n) is 21.3. The number of fused-ring (bicyclic) bond motifs is 2. The molecule has 210 valence electrons. The van der Waals surface area contributed by atoms with Gasteiger partial charge in [-0.25, -0.2) is 22.9 Å². The Kier molecular flexibility index (Phi) is 6.74. The van der Waals surface area contributed by atoms with Crippen molar-refractivity contribution in [3.63, 3.8) is 0 Å². The van der Waals surface area contributed by atoms with E-state index in [1.807, 2.05) is 0 Å². The van der Waals surface area contributed by atoms with Gasteiger partial charge in [-0.2, -0.15) is 0 Å². The third-order valence-electron chi connectivity index (χ3n) is 7.28. The quantitative estimate of drug-likeness (QED) is 0.333. The second kappa shape index (κ2) is 9.93. The lowest BCUT2D eigenvalue weighted by atomic mass is 10.1. The van der Waals surface area contributed by atoms with E-state index >= 15 is 4.39 Å². The first-order valence-electron chi connectivity index (χ1n) is 12.4. The van der Waals surface area contributed by atoms with Crippen LogP contribution >= 0.6 is 0 Å². The van der Waals surface area contributed by atoms with Crippen molar-refractivity contribution in [3.8, 4) is 5.69 Å². The molecule has 0 spiro atoms. The van der Waals surface area contributed by atoms with Crippen molar-refractivity contribution in [2.45, 2.75) is 32.0 Å². The first-order chi connectivity index (χ1) is 18.9. The highest BCUT2D eigenvalue weighted by molar-refractivity contribution is 5.93. The molecule has 3 heterocycles. The van der Waals surface area contributed by atoms with E-state index in [1.54, 1.807) is 4.90 Å². The number of nitrogens with zero attached hydrogens (tertiary/aromatic N) is 3. The molecule has 2 amide bonds. The topological polar surface area (TPSA) is 160 Å². The van der Waals surface area contributed by atoms with E-state index in [9.17, 15) is 33.1 Å². The number of hydrogen-bond donors (Lipinski definition) is 4. The van der Waals surface area contributed by atoms with Crippen molar-refractivity contribution in [1.29, 1.82) is 0 Å². The Morgan fingerprint density at radius 1 is 1.07 bits per heavy atom. The molecule has 5 atom stereocenters. The summed E-state index contributed by atoms with van der Waals surface area (Å²) in [6.07, 6.45) is 0.871. The second-order valence-electron chi connectivity index (χ2n) is 10.1. The van der Waals surface area contributed by atoms with Crippen molar-refractivity contribution in [2.24, 2.45) is 17.6 Å². The van der Waals surface area contributed by atoms with Crippen LogP contribution < -0.4 is 26.7 Å². The summed E-state index contributed by atoms with van der Waals surface area (Å²) in [5, 5.41) is 14.5. The number of anilines is 1. The highest BCUT2D eigenvalue weighted by Gasteiger charge is 2.57. The predicted molar refractivity (Wildman–Crippen MR) is 137 cm³/mol. The highest BCUT2D eigenvalue weighted by Crippen LogP contribution is 2.47. The van der Waals surface area contributed by atoms with Crippen LogP contribution in [0.3, 0.4) is 0 Å². The molecule has 2 aliphatic rings. The second-order valence-corrected chi connectivity index (χ2v) is 10.1. The number of pyridine rings is 2. The van der Waals surface area contributed by atoms with Crippen molar-refractivity contribution in [2.75, 3.05) is 18.0 Å². The van der Waals surface area contributed by atoms with Gasteiger partial charge in [0.2, 0.25) is 17.2 Å². The summed E-state index contributed by atoms with van der Waals surface area (Å²) in [7, 11) is 0. The molecule has 40 heavy (non-hydrogen) atoms. The molecule has 0 radical (unpaired) electrons. The van der Waals surface area contributed by atoms with Crippen LogP contribution in [0, 0.1) is 29.3 Å². The van der Waals surface area contributed by atoms with E-state index in [1.165, 1.54) is 13.8 Å². The molecule has 1 saturated carbocycles. The number of carbonyl (C=O) groups is 3. The van der Waals surface area contributed by atoms with Gasteiger partial charge in [-0.1, -0.05) is 0 Å². The van der Waals surface area contributed by atoms with Gasteiger partial charge in [0, 0.05) is 43.2 Å². The Morgan fingerprint density at radius 3 is 2.35 bits per heavy atom. The van der Waals surface area contributed by atoms with Gasteiger partial charge < -0.3 is 26.4 Å². The molecule has 5 N–H and O–H groups in total. The third-order valence-corrected chi connectivity index (χ3v) is 7.28. The largest absolute Gasteiger partial charge is 0.477 e. The summed E-state index contributed by atoms with van der Waals surface area (Å²) in [6, 6.07) is 1.71. The molecule has 3 aromatic rings. The van der Waals surface area contributed by atoms with Crippen LogP contribution in [0.5, 0.6) is 0 Å². The van der Waals surface area contributed by atoms with Gasteiger partial charge in [0.15, 0.2) is 17.3 Å². The van der Waals surface area contributed by atoms with Crippen molar-refractivity contribution >= 4 is 34.6 Å². The van der Waals surface area contributed by atoms with Crippen LogP contribution in [0.25, 0.3) is 16.7 Å². The highest BCUT2D eigenvalue weighted by atomic mass is 19.1. The number of piperidine rings is 1. The van der Waals surface area contributed by atoms with Crippen LogP contribution in [-0.4, -0.2) is 63.7 Å². The van der Waals surface area contributed by atoms with Crippen LogP contribution in [0.1, 0.15) is 24.2 Å². The molecule has 14 heteroatoms. The molecule has 2 aromatic heterocycles. The minimum Gasteiger partial charge on any atom is -0.477 e. The molecule has 0 bridgehead atoms. The molecule has 2 fully saturated rings. The normalized spacial score (nSPS) is 21.1. The van der Waals surface area contributed by atoms with Gasteiger partial charge in [-0.3, -0.25) is 19.0 Å². The summed E-state index contributed by atoms with van der Waals surface area (Å²) in [5.74, 6) is -5.42. The average molecular weight is 559 g/mol. The molecule has 11 nitrogen and oxygen atoms in total. The first kappa shape index (κ1) is 27.1. The summed E-state index contributed by atoms with van der Waals surface area (Å²) in [5.41, 5.74) is 3.28. The Bertz CT molecular complexity index is 1610. The minimum atomic E-state index is -1.60. The Morgan fingerprint density at radius 2 is 1.75 bits per heavy atom. The van der Waals surface area contributed by atoms with E-state index in [2.05, 4.69) is 15.6 Å². The lowest BCUT2D eigenvalue weighted by molar-refractivity contribution is -0.129. The minimum absolute atomic E-state index is 0.0247. The fraction of sp³-hybridized carbons (Fsp3) is 0.346. The zero-order chi connectivity index (χ0) is 29.0. The van der Waals surface area contributed by atoms with Gasteiger partial charge in [0.1, 0.15) is 23.2 Å². The van der Waals surface area contributed by atoms with Crippen LogP contribution in [-0.2, 0) is 9.59 Å². The number of amides is 2. The van der Waals surface area contributed by atoms with E-state index in [4.69, 9.17) is 5.73 Å². The Balaban J connectivity index is 1.42. The van der Waals surface area contributed by atoms with E-state index < -0.39 is 52.4 Å². The van der Waals surface area contributed by atoms with Gasteiger partial charge in [-0.05, 0) is 32.0 Å². The number of benzene rings is 1. The first-order valence-corrected chi connectivity index (χ1v) is 12.4. The van der Waals surface area contributed by atoms with Gasteiger partial charge in [0.25, 0.3) is 0 Å². The molecule has 1 aliphatic heterocycles. The van der Waals surface area contributed by atoms with Crippen molar-refractivity contribution in [3.05, 3.63) is 63.7 Å². The zero-order valence-corrected chi connectivity index (χ0v) is 21.3. The summed E-state index contributed by atoms with van der Waals surface area (Å²) >= 11 is 0. The Labute approximate surface area is 224 Å². The van der Waals surface area contributed by atoms with Crippen LogP contribution in [0.15, 0.2) is 35.3 Å². The lowest BCUT2D eigenvalue weighted by Gasteiger charge is -2.23. The van der Waals surface area contributed by atoms with Crippen molar-refractivity contribution in [1.82, 2.24) is 20.2 Å². The maximum atomic E-state index is 15.2. The fourth-order valence-electron chi connectivity index (χ4n) is 5.06. The SMILES string of the molecule is C[C@@H](N)C(=O)N[C@H](C)C(=O)NC1[C@H]2CN(c3nc4c(cc3F)c(=O)c(C(=O)O)cn4-c3ccc(F)cc3F)C[C@@H]12. The number of nitrogens with one attached hydrogen (secondary N) is 2. The van der Waals surface area contributed by atoms with E-state index in [0.717, 1.165) is 29.0 Å². The molecule has 1 saturated heterocycles. The van der Waals surface area contributed by atoms with Gasteiger partial charge in [0.05, 0.1) is 17.1 Å². The van der Waals surface area contributed by atoms with Crippen LogP contribution in [0.2, 0.25) is 0 Å². The Hall–Kier alpha value is -4.46. The monoisotopic (exact) mass is 558 g/mol. The summed E-state index contributed by atoms with van der Waals surface area (Å²) in [6.45, 7) is 3.66. The molecule has 1 aromatic carbocycles. The molecule has 1 unspecified atom stereocenters. The lowest BCUT2D eigenvalue weighted by Crippen LogP contribution is -2.50. The van der Waals surface area contributed by atoms with Crippen LogP contribution in [0.4, 0.5) is 19.0 Å². The number of aromatic carboxylic acids is 1. The van der Waals surface area contributed by atoms with E-state index in [-0.39, 0.29) is 46.3 Å². The summed E-state index contributed by atoms with van der Waals surface area (Å²) < 4.78 is 44.5. The number of nitrogens with two attached hydrogens (primary N) is 1. The number of rotatable bonds is 7. The summed E-state index contributed by atoms with van der Waals surface area (Å²) in [4.78, 5) is 54.6. The maximum absolute atomic E-state index is 15.2.